The number of hydrogen-bond acceptors (Lipinski definition) is 3. The summed E-state index contributed by atoms with van der Waals surface area (Å²) in [6.07, 6.45) is 6.86. The molecule has 0 atom stereocenters. The van der Waals surface area contributed by atoms with Gasteiger partial charge in [-0.05, 0) is 30.9 Å². The third kappa shape index (κ3) is 2.11. The average molecular weight is 226 g/mol. The maximum absolute atomic E-state index is 4.43. The molecule has 0 N–H and O–H groups in total. The molecule has 0 unspecified atom stereocenters. The van der Waals surface area contributed by atoms with E-state index in [4.69, 9.17) is 0 Å². The van der Waals surface area contributed by atoms with Gasteiger partial charge in [0.2, 0.25) is 5.82 Å². The van der Waals surface area contributed by atoms with Crippen LogP contribution in [0.3, 0.4) is 0 Å². The molecule has 4 nitrogen and oxygen atoms in total. The van der Waals surface area contributed by atoms with Crippen LogP contribution in [0.5, 0.6) is 0 Å². The number of hydrogen-bond donors (Lipinski definition) is 0. The third-order valence-corrected chi connectivity index (χ3v) is 2.97. The number of nitrogens with zero attached hydrogens (tertiary/aromatic N) is 4. The minimum atomic E-state index is 0.692. The fourth-order valence-electron chi connectivity index (χ4n) is 2.04. The van der Waals surface area contributed by atoms with Gasteiger partial charge in [-0.1, -0.05) is 36.4 Å². The lowest BCUT2D eigenvalue weighted by Gasteiger charge is -2.09. The van der Waals surface area contributed by atoms with E-state index in [1.54, 1.807) is 4.80 Å². The van der Waals surface area contributed by atoms with Gasteiger partial charge in [0.15, 0.2) is 0 Å². The van der Waals surface area contributed by atoms with Crippen LogP contribution in [0.4, 0.5) is 0 Å². The summed E-state index contributed by atoms with van der Waals surface area (Å²) in [4.78, 5) is 1.67. The molecule has 0 saturated carbocycles. The van der Waals surface area contributed by atoms with Crippen molar-refractivity contribution in [2.45, 2.75) is 25.7 Å². The van der Waals surface area contributed by atoms with Crippen molar-refractivity contribution in [1.29, 1.82) is 0 Å². The molecule has 0 fully saturated rings. The average Bonchev–Trinajstić information content (AvgIpc) is 2.90. The van der Waals surface area contributed by atoms with E-state index in [0.717, 1.165) is 18.4 Å². The molecule has 86 valence electrons. The van der Waals surface area contributed by atoms with E-state index >= 15 is 0 Å². The fourth-order valence-corrected chi connectivity index (χ4v) is 2.04. The molecule has 0 aliphatic heterocycles. The predicted octanol–water partition coefficient (Wildman–Crippen LogP) is 2.76. The molecule has 1 aliphatic rings. The molecular formula is C13H14N4. The lowest BCUT2D eigenvalue weighted by atomic mass is 10.1. The van der Waals surface area contributed by atoms with Crippen LogP contribution >= 0.6 is 0 Å². The molecule has 0 saturated heterocycles. The molecule has 0 spiro atoms. The maximum atomic E-state index is 4.43. The van der Waals surface area contributed by atoms with Crippen LogP contribution in [0.15, 0.2) is 36.4 Å². The molecule has 1 aromatic carbocycles. The van der Waals surface area contributed by atoms with Crippen LogP contribution in [0.2, 0.25) is 0 Å². The van der Waals surface area contributed by atoms with Gasteiger partial charge in [0.1, 0.15) is 0 Å². The first-order chi connectivity index (χ1) is 8.43. The molecule has 0 radical (unpaired) electrons. The van der Waals surface area contributed by atoms with Gasteiger partial charge < -0.3 is 0 Å². The monoisotopic (exact) mass is 226 g/mol. The van der Waals surface area contributed by atoms with Gasteiger partial charge in [0, 0.05) is 5.56 Å². The van der Waals surface area contributed by atoms with Crippen molar-refractivity contribution < 1.29 is 0 Å². The highest BCUT2D eigenvalue weighted by Gasteiger charge is 2.10. The summed E-state index contributed by atoms with van der Waals surface area (Å²) in [7, 11) is 0. The first-order valence-corrected chi connectivity index (χ1v) is 5.98. The molecular weight excluding hydrogens is 212 g/mol. The Hall–Kier alpha value is -1.97. The van der Waals surface area contributed by atoms with Crippen LogP contribution in [0.25, 0.3) is 17.1 Å². The summed E-state index contributed by atoms with van der Waals surface area (Å²) in [6.45, 7) is 0. The van der Waals surface area contributed by atoms with Crippen LogP contribution < -0.4 is 0 Å². The van der Waals surface area contributed by atoms with Crippen molar-refractivity contribution in [3.05, 3.63) is 36.4 Å². The standard InChI is InChI=1S/C13H14N4/c1-3-7-11(8-4-1)13-14-16-17(15-13)12-9-5-2-6-10-12/h1,3-4,7-9H,2,5-6,10H2. The topological polar surface area (TPSA) is 43.6 Å². The Balaban J connectivity index is 1.90. The fraction of sp³-hybridized carbons (Fsp3) is 0.308. The smallest absolute Gasteiger partial charge is 0.135 e. The summed E-state index contributed by atoms with van der Waals surface area (Å²) in [5.74, 6) is 0.692. The minimum absolute atomic E-state index is 0.692. The van der Waals surface area contributed by atoms with Gasteiger partial charge >= 0.3 is 0 Å². The minimum Gasteiger partial charge on any atom is -0.135 e. The van der Waals surface area contributed by atoms with E-state index < -0.39 is 0 Å². The zero-order chi connectivity index (χ0) is 11.5. The molecule has 1 aromatic heterocycles. The molecule has 3 rings (SSSR count). The number of aromatic nitrogens is 4. The summed E-state index contributed by atoms with van der Waals surface area (Å²) in [6, 6.07) is 9.94. The van der Waals surface area contributed by atoms with Gasteiger partial charge in [-0.2, -0.15) is 0 Å². The summed E-state index contributed by atoms with van der Waals surface area (Å²) < 4.78 is 0. The Kier molecular flexibility index (Phi) is 2.69. The van der Waals surface area contributed by atoms with Crippen molar-refractivity contribution in [2.75, 3.05) is 0 Å². The molecule has 2 aromatic rings. The van der Waals surface area contributed by atoms with E-state index in [2.05, 4.69) is 21.5 Å². The maximum Gasteiger partial charge on any atom is 0.205 e. The second-order valence-corrected chi connectivity index (χ2v) is 4.21. The van der Waals surface area contributed by atoms with E-state index in [-0.39, 0.29) is 0 Å². The lowest BCUT2D eigenvalue weighted by Crippen LogP contribution is -2.04. The molecule has 0 bridgehead atoms. The molecule has 17 heavy (non-hydrogen) atoms. The van der Waals surface area contributed by atoms with Crippen LogP contribution in [0, 0.1) is 0 Å². The van der Waals surface area contributed by atoms with Crippen LogP contribution in [0.1, 0.15) is 25.7 Å². The SMILES string of the molecule is C1=C(n2nnc(-c3ccccc3)n2)CCCC1. The Bertz CT molecular complexity index is 527. The highest BCUT2D eigenvalue weighted by molar-refractivity contribution is 5.54. The van der Waals surface area contributed by atoms with Gasteiger partial charge in [0.05, 0.1) is 5.70 Å². The first-order valence-electron chi connectivity index (χ1n) is 5.98. The lowest BCUT2D eigenvalue weighted by molar-refractivity contribution is 0.650. The second kappa shape index (κ2) is 4.49. The van der Waals surface area contributed by atoms with Crippen molar-refractivity contribution >= 4 is 5.70 Å². The predicted molar refractivity (Wildman–Crippen MR) is 66.0 cm³/mol. The molecule has 4 heteroatoms. The summed E-state index contributed by atoms with van der Waals surface area (Å²) >= 11 is 0. The Morgan fingerprint density at radius 2 is 1.94 bits per heavy atom. The quantitative estimate of drug-likeness (QED) is 0.790. The van der Waals surface area contributed by atoms with Crippen molar-refractivity contribution in [3.8, 4) is 11.4 Å². The zero-order valence-electron chi connectivity index (χ0n) is 9.58. The second-order valence-electron chi connectivity index (χ2n) is 4.21. The van der Waals surface area contributed by atoms with Gasteiger partial charge in [-0.25, -0.2) is 0 Å². The normalized spacial score (nSPS) is 15.6. The largest absolute Gasteiger partial charge is 0.205 e. The number of rotatable bonds is 2. The summed E-state index contributed by atoms with van der Waals surface area (Å²) in [5.41, 5.74) is 2.18. The molecule has 1 heterocycles. The number of benzene rings is 1. The van der Waals surface area contributed by atoms with Gasteiger partial charge in [0.25, 0.3) is 0 Å². The van der Waals surface area contributed by atoms with Crippen molar-refractivity contribution in [2.24, 2.45) is 0 Å². The number of allylic oxidation sites excluding steroid dienone is 2. The summed E-state index contributed by atoms with van der Waals surface area (Å²) in [5, 5.41) is 12.7. The molecule has 0 amide bonds. The van der Waals surface area contributed by atoms with E-state index in [1.807, 2.05) is 30.3 Å². The highest BCUT2D eigenvalue weighted by atomic mass is 15.6. The van der Waals surface area contributed by atoms with E-state index in [0.29, 0.717) is 5.82 Å². The van der Waals surface area contributed by atoms with Crippen molar-refractivity contribution in [1.82, 2.24) is 20.2 Å². The first kappa shape index (κ1) is 10.2. The third-order valence-electron chi connectivity index (χ3n) is 2.97. The van der Waals surface area contributed by atoms with E-state index in [9.17, 15) is 0 Å². The van der Waals surface area contributed by atoms with Crippen LogP contribution in [-0.4, -0.2) is 20.2 Å². The van der Waals surface area contributed by atoms with Gasteiger partial charge in [-0.15, -0.1) is 15.0 Å². The molecule has 1 aliphatic carbocycles. The van der Waals surface area contributed by atoms with Gasteiger partial charge in [-0.3, -0.25) is 0 Å². The highest BCUT2D eigenvalue weighted by Crippen LogP contribution is 2.21. The number of tetrazole rings is 1. The van der Waals surface area contributed by atoms with Crippen molar-refractivity contribution in [3.63, 3.8) is 0 Å². The van der Waals surface area contributed by atoms with E-state index in [1.165, 1.54) is 18.5 Å². The Morgan fingerprint density at radius 3 is 2.71 bits per heavy atom. The zero-order valence-corrected chi connectivity index (χ0v) is 9.58. The van der Waals surface area contributed by atoms with Crippen LogP contribution in [-0.2, 0) is 0 Å². The Morgan fingerprint density at radius 1 is 1.06 bits per heavy atom. The Labute approximate surface area is 100.0 Å².